The fourth-order valence-electron chi connectivity index (χ4n) is 2.89. The first-order valence-corrected chi connectivity index (χ1v) is 7.68. The lowest BCUT2D eigenvalue weighted by molar-refractivity contribution is 0.234. The van der Waals surface area contributed by atoms with E-state index in [1.165, 1.54) is 24.8 Å². The molecular weight excluding hydrogens is 234 g/mol. The van der Waals surface area contributed by atoms with E-state index in [4.69, 9.17) is 0 Å². The lowest BCUT2D eigenvalue weighted by atomic mass is 9.79. The topological polar surface area (TPSA) is 29.9 Å². The van der Waals surface area contributed by atoms with Crippen LogP contribution in [0.15, 0.2) is 12.4 Å². The van der Waals surface area contributed by atoms with Crippen molar-refractivity contribution in [2.75, 3.05) is 13.1 Å². The highest BCUT2D eigenvalue weighted by Crippen LogP contribution is 2.47. The predicted octanol–water partition coefficient (Wildman–Crippen LogP) is 3.01. The van der Waals surface area contributed by atoms with Crippen molar-refractivity contribution in [3.05, 3.63) is 18.0 Å². The molecule has 2 rings (SSSR count). The van der Waals surface area contributed by atoms with Gasteiger partial charge in [0.15, 0.2) is 0 Å². The Labute approximate surface area is 117 Å². The van der Waals surface area contributed by atoms with Gasteiger partial charge in [-0.2, -0.15) is 5.10 Å². The third kappa shape index (κ3) is 4.34. The molecule has 1 aliphatic rings. The summed E-state index contributed by atoms with van der Waals surface area (Å²) in [5, 5.41) is 7.93. The second-order valence-corrected chi connectivity index (χ2v) is 6.98. The Morgan fingerprint density at radius 3 is 2.74 bits per heavy atom. The summed E-state index contributed by atoms with van der Waals surface area (Å²) >= 11 is 0. The average Bonchev–Trinajstić information content (AvgIpc) is 3.11. The fourth-order valence-corrected chi connectivity index (χ4v) is 2.89. The van der Waals surface area contributed by atoms with Crippen LogP contribution in [0.3, 0.4) is 0 Å². The number of nitrogens with one attached hydrogen (secondary N) is 1. The highest BCUT2D eigenvalue weighted by molar-refractivity contribution is 5.05. The fraction of sp³-hybridized carbons (Fsp3) is 0.812. The van der Waals surface area contributed by atoms with Crippen molar-refractivity contribution in [3.63, 3.8) is 0 Å². The molecular formula is C16H29N3. The summed E-state index contributed by atoms with van der Waals surface area (Å²) in [6, 6.07) is 0. The molecule has 1 aliphatic carbocycles. The van der Waals surface area contributed by atoms with E-state index in [2.05, 4.69) is 37.4 Å². The Hall–Kier alpha value is -0.830. The van der Waals surface area contributed by atoms with Crippen LogP contribution in [-0.2, 0) is 13.5 Å². The minimum Gasteiger partial charge on any atom is -0.316 e. The predicted molar refractivity (Wildman–Crippen MR) is 80.1 cm³/mol. The van der Waals surface area contributed by atoms with Crippen molar-refractivity contribution in [3.8, 4) is 0 Å². The highest BCUT2D eigenvalue weighted by Gasteiger charge is 2.40. The largest absolute Gasteiger partial charge is 0.316 e. The van der Waals surface area contributed by atoms with Crippen LogP contribution in [0, 0.1) is 17.3 Å². The van der Waals surface area contributed by atoms with Gasteiger partial charge in [0.2, 0.25) is 0 Å². The third-order valence-corrected chi connectivity index (χ3v) is 4.39. The summed E-state index contributed by atoms with van der Waals surface area (Å²) < 4.78 is 1.90. The van der Waals surface area contributed by atoms with E-state index < -0.39 is 0 Å². The molecule has 1 aromatic rings. The second kappa shape index (κ2) is 6.08. The van der Waals surface area contributed by atoms with Gasteiger partial charge in [-0.05, 0) is 55.0 Å². The minimum absolute atomic E-state index is 0.463. The molecule has 1 heterocycles. The number of hydrogen-bond acceptors (Lipinski definition) is 2. The summed E-state index contributed by atoms with van der Waals surface area (Å²) in [4.78, 5) is 0. The molecule has 0 spiro atoms. The lowest BCUT2D eigenvalue weighted by Gasteiger charge is -2.30. The van der Waals surface area contributed by atoms with Crippen LogP contribution in [0.25, 0.3) is 0 Å². The van der Waals surface area contributed by atoms with Gasteiger partial charge in [-0.3, -0.25) is 4.68 Å². The summed E-state index contributed by atoms with van der Waals surface area (Å²) in [5.74, 6) is 1.67. The zero-order chi connectivity index (χ0) is 13.9. The molecule has 1 unspecified atom stereocenters. The molecule has 0 amide bonds. The van der Waals surface area contributed by atoms with Gasteiger partial charge in [0.25, 0.3) is 0 Å². The van der Waals surface area contributed by atoms with Crippen LogP contribution in [0.4, 0.5) is 0 Å². The van der Waals surface area contributed by atoms with Crippen molar-refractivity contribution in [2.45, 2.75) is 46.5 Å². The maximum atomic E-state index is 4.26. The number of nitrogens with zero attached hydrogens (tertiary/aromatic N) is 2. The highest BCUT2D eigenvalue weighted by atomic mass is 15.2. The smallest absolute Gasteiger partial charge is 0.0521 e. The van der Waals surface area contributed by atoms with Crippen LogP contribution in [-0.4, -0.2) is 22.9 Å². The molecule has 0 saturated heterocycles. The molecule has 0 aliphatic heterocycles. The Morgan fingerprint density at radius 1 is 1.47 bits per heavy atom. The van der Waals surface area contributed by atoms with Gasteiger partial charge in [-0.25, -0.2) is 0 Å². The molecule has 3 nitrogen and oxygen atoms in total. The minimum atomic E-state index is 0.463. The maximum absolute atomic E-state index is 4.26. The first-order chi connectivity index (χ1) is 8.99. The van der Waals surface area contributed by atoms with Gasteiger partial charge in [0.05, 0.1) is 6.20 Å². The summed E-state index contributed by atoms with van der Waals surface area (Å²) in [7, 11) is 1.99. The van der Waals surface area contributed by atoms with Gasteiger partial charge >= 0.3 is 0 Å². The average molecular weight is 263 g/mol. The Bertz CT molecular complexity index is 392. The molecule has 108 valence electrons. The van der Waals surface area contributed by atoms with Crippen molar-refractivity contribution < 1.29 is 0 Å². The van der Waals surface area contributed by atoms with E-state index in [1.807, 2.05) is 17.9 Å². The summed E-state index contributed by atoms with van der Waals surface area (Å²) in [6.45, 7) is 9.31. The van der Waals surface area contributed by atoms with Gasteiger partial charge in [0, 0.05) is 19.8 Å². The number of hydrogen-bond donors (Lipinski definition) is 1. The molecule has 1 saturated carbocycles. The standard InChI is InChI=1S/C16H29N3/c1-13(2)9-17-12-16(3,15-5-6-15)8-7-14-10-18-19(4)11-14/h10-11,13,15,17H,5-9,12H2,1-4H3. The normalized spacial score (nSPS) is 18.8. The van der Waals surface area contributed by atoms with Crippen molar-refractivity contribution >= 4 is 0 Å². The van der Waals surface area contributed by atoms with E-state index in [0.29, 0.717) is 5.41 Å². The zero-order valence-corrected chi connectivity index (χ0v) is 12.9. The van der Waals surface area contributed by atoms with E-state index in [1.54, 1.807) is 0 Å². The number of rotatable bonds is 8. The van der Waals surface area contributed by atoms with Crippen molar-refractivity contribution in [2.24, 2.45) is 24.3 Å². The quantitative estimate of drug-likeness (QED) is 0.781. The van der Waals surface area contributed by atoms with E-state index >= 15 is 0 Å². The Balaban J connectivity index is 1.84. The molecule has 1 aromatic heterocycles. The molecule has 19 heavy (non-hydrogen) atoms. The first kappa shape index (κ1) is 14.6. The summed E-state index contributed by atoms with van der Waals surface area (Å²) in [5.41, 5.74) is 1.84. The van der Waals surface area contributed by atoms with Crippen LogP contribution in [0.2, 0.25) is 0 Å². The van der Waals surface area contributed by atoms with E-state index in [9.17, 15) is 0 Å². The SMILES string of the molecule is CC(C)CNCC(C)(CCc1cnn(C)c1)C1CC1. The van der Waals surface area contributed by atoms with Crippen LogP contribution >= 0.6 is 0 Å². The van der Waals surface area contributed by atoms with Gasteiger partial charge in [-0.1, -0.05) is 20.8 Å². The van der Waals surface area contributed by atoms with Crippen LogP contribution in [0.5, 0.6) is 0 Å². The van der Waals surface area contributed by atoms with Gasteiger partial charge < -0.3 is 5.32 Å². The van der Waals surface area contributed by atoms with E-state index in [0.717, 1.165) is 31.3 Å². The molecule has 3 heteroatoms. The van der Waals surface area contributed by atoms with Crippen molar-refractivity contribution in [1.29, 1.82) is 0 Å². The lowest BCUT2D eigenvalue weighted by Crippen LogP contribution is -2.35. The molecule has 1 fully saturated rings. The summed E-state index contributed by atoms with van der Waals surface area (Å²) in [6.07, 6.45) is 9.43. The monoisotopic (exact) mass is 263 g/mol. The van der Waals surface area contributed by atoms with Crippen molar-refractivity contribution in [1.82, 2.24) is 15.1 Å². The van der Waals surface area contributed by atoms with Crippen LogP contribution in [0.1, 0.15) is 45.6 Å². The number of aryl methyl sites for hydroxylation is 2. The van der Waals surface area contributed by atoms with Crippen LogP contribution < -0.4 is 5.32 Å². The Kier molecular flexibility index (Phi) is 4.67. The second-order valence-electron chi connectivity index (χ2n) is 6.98. The van der Waals surface area contributed by atoms with E-state index in [-0.39, 0.29) is 0 Å². The van der Waals surface area contributed by atoms with Gasteiger partial charge in [-0.15, -0.1) is 0 Å². The maximum Gasteiger partial charge on any atom is 0.0521 e. The zero-order valence-electron chi connectivity index (χ0n) is 12.9. The molecule has 0 bridgehead atoms. The molecule has 1 N–H and O–H groups in total. The molecule has 0 aromatic carbocycles. The molecule has 1 atom stereocenters. The number of aromatic nitrogens is 2. The Morgan fingerprint density at radius 2 is 2.21 bits per heavy atom. The van der Waals surface area contributed by atoms with Gasteiger partial charge in [0.1, 0.15) is 0 Å². The molecule has 0 radical (unpaired) electrons. The first-order valence-electron chi connectivity index (χ1n) is 7.68. The third-order valence-electron chi connectivity index (χ3n) is 4.39.